The van der Waals surface area contributed by atoms with E-state index in [0.29, 0.717) is 6.42 Å². The standard InChI is InChI=1S/C20H23N3O4/c1-21-19(26)16-9-15(18(25)22-17-10-14(17)7-8-24)12-23(20(16)27)11-13-5-3-2-4-6-13/h2-6,9,12,14,17,24H,7-8,10-11H2,1H3,(H,21,26)(H,22,25). The Labute approximate surface area is 157 Å². The van der Waals surface area contributed by atoms with Gasteiger partial charge < -0.3 is 20.3 Å². The highest BCUT2D eigenvalue weighted by atomic mass is 16.3. The summed E-state index contributed by atoms with van der Waals surface area (Å²) in [7, 11) is 1.44. The number of aliphatic hydroxyl groups is 1. The molecule has 7 nitrogen and oxygen atoms in total. The lowest BCUT2D eigenvalue weighted by Crippen LogP contribution is -2.34. The fourth-order valence-electron chi connectivity index (χ4n) is 3.12. The zero-order chi connectivity index (χ0) is 19.4. The van der Waals surface area contributed by atoms with E-state index in [2.05, 4.69) is 10.6 Å². The first-order valence-corrected chi connectivity index (χ1v) is 8.95. The summed E-state index contributed by atoms with van der Waals surface area (Å²) < 4.78 is 1.38. The molecule has 3 rings (SSSR count). The van der Waals surface area contributed by atoms with E-state index in [1.165, 1.54) is 23.9 Å². The average molecular weight is 369 g/mol. The van der Waals surface area contributed by atoms with Gasteiger partial charge in [-0.1, -0.05) is 30.3 Å². The van der Waals surface area contributed by atoms with Crippen LogP contribution in [-0.2, 0) is 6.54 Å². The molecule has 2 amide bonds. The molecule has 0 saturated heterocycles. The van der Waals surface area contributed by atoms with E-state index in [0.717, 1.165) is 12.0 Å². The molecule has 1 saturated carbocycles. The number of hydrogen-bond donors (Lipinski definition) is 3. The molecule has 2 unspecified atom stereocenters. The quantitative estimate of drug-likeness (QED) is 0.671. The number of benzene rings is 1. The van der Waals surface area contributed by atoms with Gasteiger partial charge in [-0.05, 0) is 30.4 Å². The van der Waals surface area contributed by atoms with E-state index in [4.69, 9.17) is 5.11 Å². The molecule has 1 aliphatic rings. The first-order valence-electron chi connectivity index (χ1n) is 8.95. The smallest absolute Gasteiger partial charge is 0.263 e. The van der Waals surface area contributed by atoms with Crippen molar-refractivity contribution in [3.05, 3.63) is 69.6 Å². The molecule has 1 aliphatic carbocycles. The Kier molecular flexibility index (Phi) is 5.71. The van der Waals surface area contributed by atoms with Crippen LogP contribution in [0.3, 0.4) is 0 Å². The summed E-state index contributed by atoms with van der Waals surface area (Å²) >= 11 is 0. The van der Waals surface area contributed by atoms with Crippen molar-refractivity contribution in [2.45, 2.75) is 25.4 Å². The Balaban J connectivity index is 1.89. The number of carbonyl (C=O) groups excluding carboxylic acids is 2. The molecule has 142 valence electrons. The highest BCUT2D eigenvalue weighted by Gasteiger charge is 2.37. The normalized spacial score (nSPS) is 18.0. The fraction of sp³-hybridized carbons (Fsp3) is 0.350. The Morgan fingerprint density at radius 2 is 1.96 bits per heavy atom. The van der Waals surface area contributed by atoms with Gasteiger partial charge in [-0.15, -0.1) is 0 Å². The third kappa shape index (κ3) is 4.43. The summed E-state index contributed by atoms with van der Waals surface area (Å²) in [6.07, 6.45) is 2.97. The first kappa shape index (κ1) is 18.8. The van der Waals surface area contributed by atoms with Crippen LogP contribution < -0.4 is 16.2 Å². The zero-order valence-corrected chi connectivity index (χ0v) is 15.1. The minimum atomic E-state index is -0.527. The van der Waals surface area contributed by atoms with Gasteiger partial charge in [-0.25, -0.2) is 0 Å². The van der Waals surface area contributed by atoms with Crippen LogP contribution in [0.25, 0.3) is 0 Å². The van der Waals surface area contributed by atoms with Crippen LogP contribution in [0.15, 0.2) is 47.4 Å². The molecular formula is C20H23N3O4. The Morgan fingerprint density at radius 3 is 2.63 bits per heavy atom. The molecule has 0 aliphatic heterocycles. The maximum Gasteiger partial charge on any atom is 0.263 e. The van der Waals surface area contributed by atoms with Gasteiger partial charge in [0.2, 0.25) is 0 Å². The maximum atomic E-state index is 12.7. The van der Waals surface area contributed by atoms with Crippen LogP contribution in [-0.4, -0.2) is 41.2 Å². The third-order valence-corrected chi connectivity index (χ3v) is 4.75. The fourth-order valence-corrected chi connectivity index (χ4v) is 3.12. The van der Waals surface area contributed by atoms with Crippen molar-refractivity contribution in [3.8, 4) is 0 Å². The average Bonchev–Trinajstić information content (AvgIpc) is 3.41. The van der Waals surface area contributed by atoms with Gasteiger partial charge in [0.1, 0.15) is 5.56 Å². The van der Waals surface area contributed by atoms with Crippen LogP contribution in [0.2, 0.25) is 0 Å². The van der Waals surface area contributed by atoms with Crippen molar-refractivity contribution in [1.29, 1.82) is 0 Å². The molecule has 0 radical (unpaired) electrons. The van der Waals surface area contributed by atoms with Crippen LogP contribution >= 0.6 is 0 Å². The Morgan fingerprint density at radius 1 is 1.22 bits per heavy atom. The van der Waals surface area contributed by atoms with Gasteiger partial charge in [-0.2, -0.15) is 0 Å². The monoisotopic (exact) mass is 369 g/mol. The molecule has 7 heteroatoms. The number of carbonyl (C=O) groups is 2. The summed E-state index contributed by atoms with van der Waals surface area (Å²) in [5.74, 6) is -0.568. The molecule has 0 bridgehead atoms. The summed E-state index contributed by atoms with van der Waals surface area (Å²) in [4.78, 5) is 37.4. The molecule has 1 heterocycles. The molecule has 1 aromatic heterocycles. The van der Waals surface area contributed by atoms with Gasteiger partial charge in [0, 0.05) is 25.9 Å². The Hall–Kier alpha value is -2.93. The minimum absolute atomic E-state index is 0.0302. The summed E-state index contributed by atoms with van der Waals surface area (Å²) in [5.41, 5.74) is 0.645. The van der Waals surface area contributed by atoms with Crippen LogP contribution in [0.5, 0.6) is 0 Å². The highest BCUT2D eigenvalue weighted by Crippen LogP contribution is 2.33. The Bertz CT molecular complexity index is 892. The SMILES string of the molecule is CNC(=O)c1cc(C(=O)NC2CC2CCO)cn(Cc2ccccc2)c1=O. The topological polar surface area (TPSA) is 100 Å². The molecule has 27 heavy (non-hydrogen) atoms. The number of aromatic nitrogens is 1. The number of nitrogens with one attached hydrogen (secondary N) is 2. The van der Waals surface area contributed by atoms with Crippen molar-refractivity contribution in [3.63, 3.8) is 0 Å². The van der Waals surface area contributed by atoms with E-state index in [1.807, 2.05) is 30.3 Å². The number of aliphatic hydroxyl groups excluding tert-OH is 1. The number of pyridine rings is 1. The third-order valence-electron chi connectivity index (χ3n) is 4.75. The molecule has 0 spiro atoms. The van der Waals surface area contributed by atoms with E-state index in [-0.39, 0.29) is 42.1 Å². The second-order valence-corrected chi connectivity index (χ2v) is 6.73. The van der Waals surface area contributed by atoms with E-state index in [9.17, 15) is 14.4 Å². The number of rotatable bonds is 7. The lowest BCUT2D eigenvalue weighted by molar-refractivity contribution is 0.0947. The lowest BCUT2D eigenvalue weighted by Gasteiger charge is -2.12. The van der Waals surface area contributed by atoms with Crippen LogP contribution in [0.1, 0.15) is 39.1 Å². The predicted octanol–water partition coefficient (Wildman–Crippen LogP) is 0.757. The number of hydrogen-bond acceptors (Lipinski definition) is 4. The summed E-state index contributed by atoms with van der Waals surface area (Å²) in [6.45, 7) is 0.362. The highest BCUT2D eigenvalue weighted by molar-refractivity contribution is 5.99. The molecular weight excluding hydrogens is 346 g/mol. The summed E-state index contributed by atoms with van der Waals surface area (Å²) in [5, 5.41) is 14.3. The van der Waals surface area contributed by atoms with Crippen molar-refractivity contribution < 1.29 is 14.7 Å². The van der Waals surface area contributed by atoms with Crippen LogP contribution in [0, 0.1) is 5.92 Å². The second-order valence-electron chi connectivity index (χ2n) is 6.73. The van der Waals surface area contributed by atoms with Crippen molar-refractivity contribution >= 4 is 11.8 Å². The van der Waals surface area contributed by atoms with Gasteiger partial charge in [0.15, 0.2) is 0 Å². The maximum absolute atomic E-state index is 12.7. The number of amides is 2. The van der Waals surface area contributed by atoms with Crippen molar-refractivity contribution in [2.24, 2.45) is 5.92 Å². The van der Waals surface area contributed by atoms with Crippen molar-refractivity contribution in [2.75, 3.05) is 13.7 Å². The number of nitrogens with zero attached hydrogens (tertiary/aromatic N) is 1. The lowest BCUT2D eigenvalue weighted by atomic mass is 10.1. The first-order chi connectivity index (χ1) is 13.0. The largest absolute Gasteiger partial charge is 0.396 e. The molecule has 3 N–H and O–H groups in total. The zero-order valence-electron chi connectivity index (χ0n) is 15.1. The molecule has 2 aromatic rings. The molecule has 2 atom stereocenters. The van der Waals surface area contributed by atoms with E-state index >= 15 is 0 Å². The predicted molar refractivity (Wildman–Crippen MR) is 101 cm³/mol. The molecule has 1 fully saturated rings. The van der Waals surface area contributed by atoms with Crippen molar-refractivity contribution in [1.82, 2.24) is 15.2 Å². The van der Waals surface area contributed by atoms with Crippen LogP contribution in [0.4, 0.5) is 0 Å². The summed E-state index contributed by atoms with van der Waals surface area (Å²) in [6, 6.07) is 10.7. The second kappa shape index (κ2) is 8.18. The van der Waals surface area contributed by atoms with E-state index in [1.54, 1.807) is 0 Å². The van der Waals surface area contributed by atoms with Gasteiger partial charge in [-0.3, -0.25) is 14.4 Å². The van der Waals surface area contributed by atoms with Gasteiger partial charge in [0.25, 0.3) is 17.4 Å². The van der Waals surface area contributed by atoms with Gasteiger partial charge >= 0.3 is 0 Å². The van der Waals surface area contributed by atoms with E-state index < -0.39 is 11.5 Å². The van der Waals surface area contributed by atoms with Gasteiger partial charge in [0.05, 0.1) is 12.1 Å². The minimum Gasteiger partial charge on any atom is -0.396 e. The molecule has 1 aromatic carbocycles.